The first-order valence-corrected chi connectivity index (χ1v) is 14.1. The second-order valence-electron chi connectivity index (χ2n) is 10.0. The number of halogens is 2. The van der Waals surface area contributed by atoms with Gasteiger partial charge in [-0.15, -0.1) is 0 Å². The first kappa shape index (κ1) is 27.9. The van der Waals surface area contributed by atoms with Gasteiger partial charge in [0.15, 0.2) is 5.82 Å². The van der Waals surface area contributed by atoms with Crippen molar-refractivity contribution in [2.24, 2.45) is 4.99 Å². The monoisotopic (exact) mass is 576 g/mol. The van der Waals surface area contributed by atoms with Crippen LogP contribution in [0.1, 0.15) is 54.3 Å². The van der Waals surface area contributed by atoms with Crippen molar-refractivity contribution in [2.75, 3.05) is 0 Å². The Labute approximate surface area is 242 Å². The average Bonchev–Trinajstić information content (AvgIpc) is 3.47. The number of carboxylic acid groups (broad SMARTS) is 1. The fraction of sp³-hybridized carbons (Fsp3) is 0.290. The first-order chi connectivity index (χ1) is 19.3. The Morgan fingerprint density at radius 1 is 1.02 bits per heavy atom. The second-order valence-corrected chi connectivity index (χ2v) is 10.9. The fourth-order valence-corrected chi connectivity index (χ4v) is 5.90. The van der Waals surface area contributed by atoms with Crippen molar-refractivity contribution in [3.8, 4) is 0 Å². The molecule has 0 spiro atoms. The predicted molar refractivity (Wildman–Crippen MR) is 158 cm³/mol. The third kappa shape index (κ3) is 5.62. The molecule has 3 aromatic carbocycles. The van der Waals surface area contributed by atoms with Gasteiger partial charge in [0.2, 0.25) is 0 Å². The topological polar surface area (TPSA) is 89.5 Å². The summed E-state index contributed by atoms with van der Waals surface area (Å²) in [6.07, 6.45) is 2.53. The number of fused-ring (bicyclic) bond motifs is 1. The van der Waals surface area contributed by atoms with Crippen LogP contribution in [0.2, 0.25) is 10.0 Å². The van der Waals surface area contributed by atoms with Crippen LogP contribution in [0.15, 0.2) is 82.6 Å². The maximum Gasteiger partial charge on any atom is 0.346 e. The van der Waals surface area contributed by atoms with E-state index in [2.05, 4.69) is 36.3 Å². The molecule has 206 valence electrons. The van der Waals surface area contributed by atoms with Crippen LogP contribution >= 0.6 is 23.2 Å². The number of aliphatic carboxylic acids is 1. The molecular weight excluding hydrogens is 547 g/mol. The van der Waals surface area contributed by atoms with E-state index < -0.39 is 5.97 Å². The number of benzene rings is 3. The Morgan fingerprint density at radius 2 is 1.70 bits per heavy atom. The summed E-state index contributed by atoms with van der Waals surface area (Å²) in [4.78, 5) is 29.9. The van der Waals surface area contributed by atoms with Gasteiger partial charge in [-0.05, 0) is 65.8 Å². The Hall–Kier alpha value is -3.68. The lowest BCUT2D eigenvalue weighted by Crippen LogP contribution is -2.34. The number of carbonyl (C=O) groups is 1. The highest BCUT2D eigenvalue weighted by Crippen LogP contribution is 2.44. The third-order valence-electron chi connectivity index (χ3n) is 7.70. The van der Waals surface area contributed by atoms with Crippen molar-refractivity contribution < 1.29 is 9.90 Å². The van der Waals surface area contributed by atoms with Crippen molar-refractivity contribution >= 4 is 34.9 Å². The van der Waals surface area contributed by atoms with Crippen molar-refractivity contribution in [2.45, 2.75) is 57.7 Å². The first-order valence-electron chi connectivity index (χ1n) is 13.3. The maximum absolute atomic E-state index is 13.3. The van der Waals surface area contributed by atoms with Crippen LogP contribution in [0.5, 0.6) is 0 Å². The molecule has 0 fully saturated rings. The van der Waals surface area contributed by atoms with Gasteiger partial charge in [0.25, 0.3) is 0 Å². The van der Waals surface area contributed by atoms with Crippen LogP contribution in [0, 0.1) is 0 Å². The number of aliphatic imine (C=N–C) groups is 1. The quantitative estimate of drug-likeness (QED) is 0.229. The van der Waals surface area contributed by atoms with E-state index >= 15 is 0 Å². The molecule has 40 heavy (non-hydrogen) atoms. The highest BCUT2D eigenvalue weighted by Gasteiger charge is 2.42. The summed E-state index contributed by atoms with van der Waals surface area (Å²) >= 11 is 12.2. The fourth-order valence-electron chi connectivity index (χ4n) is 5.65. The number of hydrogen-bond donors (Lipinski definition) is 1. The highest BCUT2D eigenvalue weighted by atomic mass is 35.5. The van der Waals surface area contributed by atoms with E-state index in [1.54, 1.807) is 12.1 Å². The highest BCUT2D eigenvalue weighted by molar-refractivity contribution is 6.31. The Kier molecular flexibility index (Phi) is 8.24. The van der Waals surface area contributed by atoms with Crippen molar-refractivity contribution in [1.82, 2.24) is 14.3 Å². The van der Waals surface area contributed by atoms with Crippen LogP contribution in [0.3, 0.4) is 0 Å². The zero-order valence-corrected chi connectivity index (χ0v) is 23.7. The molecule has 1 aliphatic carbocycles. The molecule has 0 amide bonds. The van der Waals surface area contributed by atoms with Crippen LogP contribution in [0.25, 0.3) is 0 Å². The Morgan fingerprint density at radius 3 is 2.38 bits per heavy atom. The molecule has 1 atom stereocenters. The Bertz CT molecular complexity index is 1610. The molecule has 0 unspecified atom stereocenters. The molecule has 1 aliphatic rings. The van der Waals surface area contributed by atoms with E-state index in [0.717, 1.165) is 36.1 Å². The molecule has 0 radical (unpaired) electrons. The SMILES string of the molecule is CC[C@]1(/C(=N\Cc2nn(Cc3ccc(Cl)cc3)c(=O)n2CCC(=O)O)c2ccc(Cl)cc2)CCc2ccccc21. The smallest absolute Gasteiger partial charge is 0.346 e. The summed E-state index contributed by atoms with van der Waals surface area (Å²) in [5.74, 6) is -0.564. The molecule has 4 aromatic rings. The van der Waals surface area contributed by atoms with E-state index in [-0.39, 0.29) is 37.2 Å². The summed E-state index contributed by atoms with van der Waals surface area (Å²) in [6.45, 7) is 2.56. The minimum absolute atomic E-state index is 0.0116. The van der Waals surface area contributed by atoms with Gasteiger partial charge in [0, 0.05) is 22.0 Å². The third-order valence-corrected chi connectivity index (χ3v) is 8.21. The van der Waals surface area contributed by atoms with Crippen LogP contribution in [-0.2, 0) is 36.3 Å². The zero-order chi connectivity index (χ0) is 28.3. The van der Waals surface area contributed by atoms with E-state index in [1.165, 1.54) is 20.4 Å². The second kappa shape index (κ2) is 11.8. The minimum atomic E-state index is -0.985. The number of aryl methyl sites for hydroxylation is 1. The molecule has 1 aromatic heterocycles. The van der Waals surface area contributed by atoms with E-state index in [1.807, 2.05) is 36.4 Å². The van der Waals surface area contributed by atoms with Gasteiger partial charge >= 0.3 is 11.7 Å². The number of rotatable bonds is 10. The predicted octanol–water partition coefficient (Wildman–Crippen LogP) is 6.16. The molecule has 1 heterocycles. The van der Waals surface area contributed by atoms with Crippen molar-refractivity contribution in [1.29, 1.82) is 0 Å². The molecule has 0 bridgehead atoms. The van der Waals surface area contributed by atoms with Gasteiger partial charge < -0.3 is 5.11 Å². The molecule has 0 saturated carbocycles. The summed E-state index contributed by atoms with van der Waals surface area (Å²) in [5.41, 5.74) is 4.65. The number of aromatic nitrogens is 3. The summed E-state index contributed by atoms with van der Waals surface area (Å²) < 4.78 is 2.78. The lowest BCUT2D eigenvalue weighted by molar-refractivity contribution is -0.137. The molecule has 0 saturated heterocycles. The molecule has 0 aliphatic heterocycles. The summed E-state index contributed by atoms with van der Waals surface area (Å²) in [5, 5.41) is 15.2. The van der Waals surface area contributed by atoms with Gasteiger partial charge in [0.1, 0.15) is 0 Å². The number of carboxylic acids is 1. The van der Waals surface area contributed by atoms with E-state index in [9.17, 15) is 14.7 Å². The van der Waals surface area contributed by atoms with Crippen LogP contribution in [0.4, 0.5) is 0 Å². The van der Waals surface area contributed by atoms with Crippen molar-refractivity contribution in [3.05, 3.63) is 121 Å². The normalized spacial score (nSPS) is 16.7. The molecular formula is C31H30Cl2N4O3. The van der Waals surface area contributed by atoms with E-state index in [0.29, 0.717) is 15.9 Å². The van der Waals surface area contributed by atoms with Crippen LogP contribution in [-0.4, -0.2) is 31.1 Å². The standard InChI is InChI=1S/C31H30Cl2N4O3/c1-2-31(17-15-22-5-3-4-6-26(22)31)29(23-9-13-25(33)14-10-23)34-19-27-35-37(20-21-7-11-24(32)12-8-21)30(40)36(27)18-16-28(38)39/h3-14H,2,15-20H2,1H3,(H,38,39)/b34-29-/t31-/m0/s1. The molecule has 7 nitrogen and oxygen atoms in total. The largest absolute Gasteiger partial charge is 0.481 e. The van der Waals surface area contributed by atoms with Crippen molar-refractivity contribution in [3.63, 3.8) is 0 Å². The van der Waals surface area contributed by atoms with Gasteiger partial charge in [-0.25, -0.2) is 9.48 Å². The number of hydrogen-bond acceptors (Lipinski definition) is 4. The van der Waals surface area contributed by atoms with Gasteiger partial charge in [0.05, 0.1) is 25.2 Å². The lowest BCUT2D eigenvalue weighted by Gasteiger charge is -2.32. The van der Waals surface area contributed by atoms with Crippen LogP contribution < -0.4 is 5.69 Å². The van der Waals surface area contributed by atoms with Gasteiger partial charge in [-0.1, -0.05) is 78.7 Å². The molecule has 1 N–H and O–H groups in total. The maximum atomic E-state index is 13.3. The lowest BCUT2D eigenvalue weighted by atomic mass is 9.72. The minimum Gasteiger partial charge on any atom is -0.481 e. The van der Waals surface area contributed by atoms with E-state index in [4.69, 9.17) is 28.2 Å². The summed E-state index contributed by atoms with van der Waals surface area (Å²) in [7, 11) is 0. The average molecular weight is 578 g/mol. The number of nitrogens with zero attached hydrogens (tertiary/aromatic N) is 4. The summed E-state index contributed by atoms with van der Waals surface area (Å²) in [6, 6.07) is 23.4. The molecule has 9 heteroatoms. The van der Waals surface area contributed by atoms with Gasteiger partial charge in [-0.3, -0.25) is 14.4 Å². The zero-order valence-electron chi connectivity index (χ0n) is 22.2. The Balaban J connectivity index is 1.58. The van der Waals surface area contributed by atoms with Gasteiger partial charge in [-0.2, -0.15) is 5.10 Å². The molecule has 5 rings (SSSR count).